The Morgan fingerprint density at radius 3 is 1.65 bits per heavy atom. The molecule has 0 saturated carbocycles. The molecular weight excluding hydrogens is 1010 g/mol. The number of aromatic nitrogens is 3. The number of nitrogens with zero attached hydrogens (tertiary/aromatic N) is 3. The summed E-state index contributed by atoms with van der Waals surface area (Å²) in [4.78, 5) is 10.6. The van der Waals surface area contributed by atoms with Gasteiger partial charge in [-0.25, -0.2) is 4.98 Å². The molecule has 10 aromatic rings. The number of pyridine rings is 1. The van der Waals surface area contributed by atoms with Gasteiger partial charge in [0.05, 0.1) is 16.6 Å². The first-order chi connectivity index (χ1) is 32.3. The fraction of sp³-hybridized carbons (Fsp3) is 0.143. The van der Waals surface area contributed by atoms with Gasteiger partial charge in [0.1, 0.15) is 11.6 Å². The first-order valence-corrected chi connectivity index (χ1v) is 23.1. The second-order valence-corrected chi connectivity index (χ2v) is 19.7. The summed E-state index contributed by atoms with van der Waals surface area (Å²) in [5, 5.41) is 12.5. The van der Waals surface area contributed by atoms with Gasteiger partial charge in [-0.05, 0) is 98.2 Å². The van der Waals surface area contributed by atoms with E-state index in [0.717, 1.165) is 89.2 Å². The minimum absolute atomic E-state index is 0. The monoisotopic (exact) mass is 1060 g/mol. The van der Waals surface area contributed by atoms with Crippen LogP contribution < -0.4 is 0 Å². The Morgan fingerprint density at radius 2 is 1.04 bits per heavy atom. The first-order valence-electron chi connectivity index (χ1n) is 23.1. The quantitative estimate of drug-likeness (QED) is 0.154. The average molecular weight is 1060 g/mol. The van der Waals surface area contributed by atoms with Crippen LogP contribution in [0.1, 0.15) is 58.2 Å². The molecule has 0 aliphatic rings. The van der Waals surface area contributed by atoms with E-state index in [0.29, 0.717) is 11.4 Å². The zero-order chi connectivity index (χ0) is 46.5. The third kappa shape index (κ3) is 9.14. The van der Waals surface area contributed by atoms with Crippen molar-refractivity contribution in [3.05, 3.63) is 217 Å². The van der Waals surface area contributed by atoms with Crippen molar-refractivity contribution in [3.8, 4) is 89.7 Å². The van der Waals surface area contributed by atoms with Crippen molar-refractivity contribution in [3.63, 3.8) is 0 Å². The summed E-state index contributed by atoms with van der Waals surface area (Å²) in [6.07, 6.45) is 1.89. The number of para-hydroxylation sites is 1. The van der Waals surface area contributed by atoms with Gasteiger partial charge < -0.3 is 5.11 Å². The Hall–Kier alpha value is -7.13. The maximum Gasteiger partial charge on any atom is 0.148 e. The minimum Gasteiger partial charge on any atom is -0.507 e. The van der Waals surface area contributed by atoms with E-state index >= 15 is 0 Å². The predicted molar refractivity (Wildman–Crippen MR) is 280 cm³/mol. The fourth-order valence-electron chi connectivity index (χ4n) is 9.15. The zero-order valence-corrected chi connectivity index (χ0v) is 41.9. The second kappa shape index (κ2) is 18.5. The number of imidazole rings is 1. The SMILES string of the molecule is Cc1cc(-c2ccccc2)cc(-n2c(-c3cc(C(C)(C)C)cc(C(C)(C)C)c3O)nc3c(-c4[c-]c(-c5cc(-c6ccc(-c7ccccc7)cc6)ccn5)cc(-c5ccccc5)c4)cccc32)c1.[Pt]. The molecule has 0 amide bonds. The molecule has 338 valence electrons. The Bertz CT molecular complexity index is 3420. The summed E-state index contributed by atoms with van der Waals surface area (Å²) in [7, 11) is 0. The van der Waals surface area contributed by atoms with Crippen molar-refractivity contribution in [2.45, 2.75) is 59.3 Å². The maximum absolute atomic E-state index is 12.5. The van der Waals surface area contributed by atoms with E-state index in [2.05, 4.69) is 229 Å². The van der Waals surface area contributed by atoms with Crippen molar-refractivity contribution < 1.29 is 26.2 Å². The smallest absolute Gasteiger partial charge is 0.148 e. The van der Waals surface area contributed by atoms with E-state index in [4.69, 9.17) is 9.97 Å². The van der Waals surface area contributed by atoms with E-state index in [-0.39, 0.29) is 37.6 Å². The van der Waals surface area contributed by atoms with Crippen LogP contribution in [0.2, 0.25) is 0 Å². The molecule has 1 N–H and O–H groups in total. The first kappa shape index (κ1) is 46.0. The molecular formula is C63H54N3OPt-. The summed E-state index contributed by atoms with van der Waals surface area (Å²) in [5.41, 5.74) is 18.5. The molecule has 0 aliphatic carbocycles. The van der Waals surface area contributed by atoms with Gasteiger partial charge in [0.2, 0.25) is 0 Å². The van der Waals surface area contributed by atoms with Crippen molar-refractivity contribution in [2.75, 3.05) is 0 Å². The van der Waals surface area contributed by atoms with Crippen molar-refractivity contribution >= 4 is 11.0 Å². The minimum atomic E-state index is -0.327. The van der Waals surface area contributed by atoms with Crippen LogP contribution >= 0.6 is 0 Å². The van der Waals surface area contributed by atoms with Crippen LogP contribution in [-0.2, 0) is 31.9 Å². The Kier molecular flexibility index (Phi) is 12.5. The molecule has 5 heteroatoms. The standard InChI is InChI=1S/C63H54N3O.Pt/c1-41-32-48(43-20-13-9-14-21-43)37-53(33-41)66-58-25-17-24-54(59(58)65-61(66)55-39-52(62(2,3)4)40-56(60(55)67)63(5,6)7)50-34-49(44-22-15-10-16-23-44)35-51(36-50)57-38-47(30-31-64-57)46-28-26-45(27-29-46)42-18-11-8-12-19-42;/h8-35,37-40,67H,1-7H3;/q-1;. The molecule has 68 heavy (non-hydrogen) atoms. The molecule has 2 aromatic heterocycles. The van der Waals surface area contributed by atoms with Crippen LogP contribution in [0, 0.1) is 13.0 Å². The van der Waals surface area contributed by atoms with Crippen LogP contribution in [-0.4, -0.2) is 19.6 Å². The van der Waals surface area contributed by atoms with E-state index in [1.807, 2.05) is 24.4 Å². The number of hydrogen-bond acceptors (Lipinski definition) is 3. The molecule has 8 aromatic carbocycles. The molecule has 0 saturated heterocycles. The number of aromatic hydroxyl groups is 1. The molecule has 0 atom stereocenters. The molecule has 0 unspecified atom stereocenters. The third-order valence-electron chi connectivity index (χ3n) is 12.8. The van der Waals surface area contributed by atoms with Gasteiger partial charge in [0.25, 0.3) is 0 Å². The Morgan fingerprint density at radius 1 is 0.485 bits per heavy atom. The van der Waals surface area contributed by atoms with Gasteiger partial charge in [-0.1, -0.05) is 204 Å². The molecule has 2 heterocycles. The fourth-order valence-corrected chi connectivity index (χ4v) is 9.15. The topological polar surface area (TPSA) is 50.9 Å². The van der Waals surface area contributed by atoms with Gasteiger partial charge in [-0.15, -0.1) is 23.8 Å². The molecule has 0 radical (unpaired) electrons. The summed E-state index contributed by atoms with van der Waals surface area (Å²) in [6, 6.07) is 70.1. The number of aryl methyl sites for hydroxylation is 1. The van der Waals surface area contributed by atoms with Crippen molar-refractivity contribution in [1.29, 1.82) is 0 Å². The molecule has 0 aliphatic heterocycles. The van der Waals surface area contributed by atoms with Crippen LogP contribution in [0.5, 0.6) is 5.75 Å². The number of rotatable bonds is 8. The average Bonchev–Trinajstić information content (AvgIpc) is 3.74. The van der Waals surface area contributed by atoms with Gasteiger partial charge >= 0.3 is 0 Å². The summed E-state index contributed by atoms with van der Waals surface area (Å²) in [6.45, 7) is 15.3. The number of phenolic OH excluding ortho intramolecular Hbond substituents is 1. The van der Waals surface area contributed by atoms with E-state index < -0.39 is 0 Å². The largest absolute Gasteiger partial charge is 0.507 e. The van der Waals surface area contributed by atoms with Gasteiger partial charge in [-0.3, -0.25) is 9.55 Å². The molecule has 4 nitrogen and oxygen atoms in total. The number of fused-ring (bicyclic) bond motifs is 1. The van der Waals surface area contributed by atoms with Crippen LogP contribution in [0.25, 0.3) is 95.0 Å². The zero-order valence-electron chi connectivity index (χ0n) is 39.6. The molecule has 0 bridgehead atoms. The molecule has 0 spiro atoms. The van der Waals surface area contributed by atoms with Crippen LogP contribution in [0.3, 0.4) is 0 Å². The van der Waals surface area contributed by atoms with E-state index in [1.54, 1.807) is 0 Å². The van der Waals surface area contributed by atoms with Gasteiger partial charge in [0.15, 0.2) is 0 Å². The maximum atomic E-state index is 12.5. The molecule has 0 fully saturated rings. The number of benzene rings is 8. The predicted octanol–water partition coefficient (Wildman–Crippen LogP) is 16.5. The normalized spacial score (nSPS) is 11.7. The van der Waals surface area contributed by atoms with E-state index in [9.17, 15) is 5.11 Å². The van der Waals surface area contributed by atoms with E-state index in [1.165, 1.54) is 11.1 Å². The van der Waals surface area contributed by atoms with Crippen LogP contribution in [0.4, 0.5) is 0 Å². The summed E-state index contributed by atoms with van der Waals surface area (Å²) in [5.74, 6) is 0.920. The Labute approximate surface area is 415 Å². The van der Waals surface area contributed by atoms with Gasteiger partial charge in [-0.2, -0.15) is 0 Å². The Balaban J connectivity index is 0.00000578. The van der Waals surface area contributed by atoms with Crippen molar-refractivity contribution in [1.82, 2.24) is 14.5 Å². The van der Waals surface area contributed by atoms with Crippen molar-refractivity contribution in [2.24, 2.45) is 0 Å². The number of phenols is 1. The summed E-state index contributed by atoms with van der Waals surface area (Å²) >= 11 is 0. The van der Waals surface area contributed by atoms with Gasteiger partial charge in [0, 0.05) is 44.2 Å². The molecule has 10 rings (SSSR count). The number of hydrogen-bond donors (Lipinski definition) is 1. The summed E-state index contributed by atoms with van der Waals surface area (Å²) < 4.78 is 2.24. The van der Waals surface area contributed by atoms with Crippen LogP contribution in [0.15, 0.2) is 194 Å². The second-order valence-electron chi connectivity index (χ2n) is 19.7. The third-order valence-corrected chi connectivity index (χ3v) is 12.8.